The van der Waals surface area contributed by atoms with E-state index in [1.165, 1.54) is 0 Å². The SMILES string of the molecule is COc1cccc2c(C(=O)Nc3ccccc3-c3ccccc3)nn(CCN3CCOCC3)c12. The second-order valence-electron chi connectivity index (χ2n) is 8.25. The third-order valence-corrected chi connectivity index (χ3v) is 6.16. The van der Waals surface area contributed by atoms with Crippen LogP contribution in [-0.4, -0.2) is 60.5 Å². The first kappa shape index (κ1) is 22.1. The molecule has 1 N–H and O–H groups in total. The van der Waals surface area contributed by atoms with Crippen LogP contribution in [0, 0.1) is 0 Å². The number of carbonyl (C=O) groups is 1. The highest BCUT2D eigenvalue weighted by atomic mass is 16.5. The summed E-state index contributed by atoms with van der Waals surface area (Å²) in [6.07, 6.45) is 0. The van der Waals surface area contributed by atoms with Crippen LogP contribution in [0.4, 0.5) is 5.69 Å². The van der Waals surface area contributed by atoms with Crippen molar-refractivity contribution in [3.63, 3.8) is 0 Å². The molecule has 0 spiro atoms. The van der Waals surface area contributed by atoms with E-state index in [2.05, 4.69) is 10.2 Å². The maximum absolute atomic E-state index is 13.5. The van der Waals surface area contributed by atoms with Gasteiger partial charge in [-0.25, -0.2) is 0 Å². The average Bonchev–Trinajstić information content (AvgIpc) is 3.28. The normalized spacial score (nSPS) is 14.3. The number of hydrogen-bond donors (Lipinski definition) is 1. The van der Waals surface area contributed by atoms with Crippen LogP contribution in [0.5, 0.6) is 5.75 Å². The number of carbonyl (C=O) groups excluding carboxylic acids is 1. The number of aromatic nitrogens is 2. The summed E-state index contributed by atoms with van der Waals surface area (Å²) in [5, 5.41) is 8.61. The van der Waals surface area contributed by atoms with Crippen LogP contribution in [0.25, 0.3) is 22.0 Å². The molecule has 1 saturated heterocycles. The monoisotopic (exact) mass is 456 g/mol. The van der Waals surface area contributed by atoms with Gasteiger partial charge in [-0.15, -0.1) is 0 Å². The highest BCUT2D eigenvalue weighted by Gasteiger charge is 2.21. The Labute approximate surface area is 198 Å². The van der Waals surface area contributed by atoms with Crippen LogP contribution in [-0.2, 0) is 11.3 Å². The van der Waals surface area contributed by atoms with Crippen molar-refractivity contribution >= 4 is 22.5 Å². The van der Waals surface area contributed by atoms with E-state index < -0.39 is 0 Å². The molecule has 0 saturated carbocycles. The average molecular weight is 457 g/mol. The fourth-order valence-corrected chi connectivity index (χ4v) is 4.40. The Kier molecular flexibility index (Phi) is 6.56. The molecule has 1 aliphatic rings. The molecule has 2 heterocycles. The first-order valence-corrected chi connectivity index (χ1v) is 11.5. The van der Waals surface area contributed by atoms with Gasteiger partial charge in [-0.2, -0.15) is 5.10 Å². The van der Waals surface area contributed by atoms with Gasteiger partial charge in [0.25, 0.3) is 5.91 Å². The van der Waals surface area contributed by atoms with Gasteiger partial charge >= 0.3 is 0 Å². The number of nitrogens with zero attached hydrogens (tertiary/aromatic N) is 3. The van der Waals surface area contributed by atoms with Crippen molar-refractivity contribution < 1.29 is 14.3 Å². The topological polar surface area (TPSA) is 68.6 Å². The number of methoxy groups -OCH3 is 1. The number of fused-ring (bicyclic) bond motifs is 1. The minimum atomic E-state index is -0.244. The predicted octanol–water partition coefficient (Wildman–Crippen LogP) is 4.30. The Hall–Kier alpha value is -3.68. The van der Waals surface area contributed by atoms with E-state index in [0.29, 0.717) is 18.0 Å². The first-order valence-electron chi connectivity index (χ1n) is 11.5. The lowest BCUT2D eigenvalue weighted by Crippen LogP contribution is -2.38. The third-order valence-electron chi connectivity index (χ3n) is 6.16. The molecule has 0 atom stereocenters. The summed E-state index contributed by atoms with van der Waals surface area (Å²) in [4.78, 5) is 15.8. The molecule has 0 aliphatic carbocycles. The number of nitrogens with one attached hydrogen (secondary N) is 1. The molecule has 4 aromatic rings. The van der Waals surface area contributed by atoms with Crippen molar-refractivity contribution in [2.24, 2.45) is 0 Å². The van der Waals surface area contributed by atoms with Gasteiger partial charge in [0, 0.05) is 36.3 Å². The van der Waals surface area contributed by atoms with E-state index >= 15 is 0 Å². The Morgan fingerprint density at radius 3 is 2.53 bits per heavy atom. The summed E-state index contributed by atoms with van der Waals surface area (Å²) in [7, 11) is 1.64. The summed E-state index contributed by atoms with van der Waals surface area (Å²) in [5.74, 6) is 0.461. The van der Waals surface area contributed by atoms with Gasteiger partial charge in [0.1, 0.15) is 11.3 Å². The summed E-state index contributed by atoms with van der Waals surface area (Å²) < 4.78 is 13.0. The van der Waals surface area contributed by atoms with Crippen LogP contribution < -0.4 is 10.1 Å². The van der Waals surface area contributed by atoms with Gasteiger partial charge in [0.15, 0.2) is 5.69 Å². The van der Waals surface area contributed by atoms with E-state index in [0.717, 1.165) is 60.6 Å². The van der Waals surface area contributed by atoms with Crippen LogP contribution in [0.3, 0.4) is 0 Å². The molecule has 7 nitrogen and oxygen atoms in total. The van der Waals surface area contributed by atoms with E-state index in [1.54, 1.807) is 7.11 Å². The fraction of sp³-hybridized carbons (Fsp3) is 0.259. The second kappa shape index (κ2) is 10.1. The molecule has 0 bridgehead atoms. The molecule has 174 valence electrons. The zero-order valence-corrected chi connectivity index (χ0v) is 19.2. The predicted molar refractivity (Wildman–Crippen MR) is 133 cm³/mol. The largest absolute Gasteiger partial charge is 0.494 e. The Morgan fingerprint density at radius 2 is 1.74 bits per heavy atom. The number of amides is 1. The number of benzene rings is 3. The summed E-state index contributed by atoms with van der Waals surface area (Å²) in [5.41, 5.74) is 3.97. The standard InChI is InChI=1S/C27H28N4O3/c1-33-24-13-7-11-22-25(29-31(26(22)24)15-14-30-16-18-34-19-17-30)27(32)28-23-12-6-5-10-21(23)20-8-3-2-4-9-20/h2-13H,14-19H2,1H3,(H,28,32). The van der Waals surface area contributed by atoms with Crippen molar-refractivity contribution in [3.05, 3.63) is 78.5 Å². The van der Waals surface area contributed by atoms with E-state index in [1.807, 2.05) is 77.5 Å². The van der Waals surface area contributed by atoms with Crippen molar-refractivity contribution in [1.82, 2.24) is 14.7 Å². The van der Waals surface area contributed by atoms with Gasteiger partial charge in [-0.1, -0.05) is 60.7 Å². The molecule has 34 heavy (non-hydrogen) atoms. The molecule has 1 aromatic heterocycles. The highest BCUT2D eigenvalue weighted by Crippen LogP contribution is 2.31. The Balaban J connectivity index is 1.46. The van der Waals surface area contributed by atoms with Gasteiger partial charge in [0.05, 0.1) is 26.9 Å². The lowest BCUT2D eigenvalue weighted by molar-refractivity contribution is 0.0361. The first-order chi connectivity index (χ1) is 16.7. The molecular weight excluding hydrogens is 428 g/mol. The molecule has 0 radical (unpaired) electrons. The number of para-hydroxylation sites is 2. The van der Waals surface area contributed by atoms with Crippen molar-refractivity contribution in [2.75, 3.05) is 45.3 Å². The highest BCUT2D eigenvalue weighted by molar-refractivity contribution is 6.13. The van der Waals surface area contributed by atoms with Crippen molar-refractivity contribution in [2.45, 2.75) is 6.54 Å². The summed E-state index contributed by atoms with van der Waals surface area (Å²) in [6, 6.07) is 23.6. The second-order valence-corrected chi connectivity index (χ2v) is 8.25. The van der Waals surface area contributed by atoms with Crippen LogP contribution >= 0.6 is 0 Å². The minimum Gasteiger partial charge on any atom is -0.494 e. The van der Waals surface area contributed by atoms with Crippen LogP contribution in [0.2, 0.25) is 0 Å². The molecule has 1 amide bonds. The lowest BCUT2D eigenvalue weighted by atomic mass is 10.0. The quantitative estimate of drug-likeness (QED) is 0.449. The number of hydrogen-bond acceptors (Lipinski definition) is 5. The smallest absolute Gasteiger partial charge is 0.276 e. The Bertz CT molecular complexity index is 1280. The van der Waals surface area contributed by atoms with Gasteiger partial charge < -0.3 is 14.8 Å². The van der Waals surface area contributed by atoms with E-state index in [-0.39, 0.29) is 5.91 Å². The number of anilines is 1. The van der Waals surface area contributed by atoms with Crippen LogP contribution in [0.1, 0.15) is 10.5 Å². The molecular formula is C27H28N4O3. The summed E-state index contributed by atoms with van der Waals surface area (Å²) >= 11 is 0. The van der Waals surface area contributed by atoms with Crippen molar-refractivity contribution in [3.8, 4) is 16.9 Å². The van der Waals surface area contributed by atoms with Crippen molar-refractivity contribution in [1.29, 1.82) is 0 Å². The molecule has 1 aliphatic heterocycles. The molecule has 5 rings (SSSR count). The molecule has 3 aromatic carbocycles. The Morgan fingerprint density at radius 1 is 0.971 bits per heavy atom. The molecule has 0 unspecified atom stereocenters. The summed E-state index contributed by atoms with van der Waals surface area (Å²) in [6.45, 7) is 4.79. The van der Waals surface area contributed by atoms with E-state index in [4.69, 9.17) is 14.6 Å². The fourth-order valence-electron chi connectivity index (χ4n) is 4.40. The zero-order valence-electron chi connectivity index (χ0n) is 19.2. The van der Waals surface area contributed by atoms with E-state index in [9.17, 15) is 4.79 Å². The lowest BCUT2D eigenvalue weighted by Gasteiger charge is -2.26. The third kappa shape index (κ3) is 4.53. The maximum Gasteiger partial charge on any atom is 0.276 e. The van der Waals surface area contributed by atoms with Gasteiger partial charge in [-0.3, -0.25) is 14.4 Å². The number of rotatable bonds is 7. The number of ether oxygens (including phenoxy) is 2. The zero-order chi connectivity index (χ0) is 23.3. The molecule has 1 fully saturated rings. The van der Waals surface area contributed by atoms with Crippen LogP contribution in [0.15, 0.2) is 72.8 Å². The minimum absolute atomic E-state index is 0.244. The maximum atomic E-state index is 13.5. The number of morpholine rings is 1. The van der Waals surface area contributed by atoms with Gasteiger partial charge in [0.2, 0.25) is 0 Å². The molecule has 7 heteroatoms. The van der Waals surface area contributed by atoms with Gasteiger partial charge in [-0.05, 0) is 17.7 Å².